The van der Waals surface area contributed by atoms with E-state index in [1.807, 2.05) is 0 Å². The van der Waals surface area contributed by atoms with E-state index in [9.17, 15) is 0 Å². The molecule has 6 nitrogen and oxygen atoms in total. The molecule has 0 spiro atoms. The monoisotopic (exact) mass is 335 g/mol. The molecule has 4 rings (SSSR count). The second-order valence-electron chi connectivity index (χ2n) is 7.15. The molecule has 2 bridgehead atoms. The summed E-state index contributed by atoms with van der Waals surface area (Å²) in [7, 11) is 0. The van der Waals surface area contributed by atoms with Crippen LogP contribution in [0.3, 0.4) is 0 Å². The number of hydrogen-bond acceptors (Lipinski definition) is 5. The molecular weight excluding hydrogens is 304 g/mol. The molecule has 0 unspecified atom stereocenters. The highest BCUT2D eigenvalue weighted by Gasteiger charge is 2.44. The number of quaternary nitrogens is 1. The van der Waals surface area contributed by atoms with Crippen LogP contribution in [-0.2, 0) is 0 Å². The summed E-state index contributed by atoms with van der Waals surface area (Å²) in [5.41, 5.74) is 0. The van der Waals surface area contributed by atoms with E-state index in [2.05, 4.69) is 28.8 Å². The van der Waals surface area contributed by atoms with Crippen molar-refractivity contribution in [2.24, 2.45) is 5.92 Å². The Morgan fingerprint density at radius 3 is 1.79 bits per heavy atom. The van der Waals surface area contributed by atoms with Gasteiger partial charge in [0.05, 0.1) is 32.8 Å². The zero-order chi connectivity index (χ0) is 16.8. The summed E-state index contributed by atoms with van der Waals surface area (Å²) in [6, 6.07) is 0.861. The molecule has 0 radical (unpaired) electrons. The first-order valence-electron chi connectivity index (χ1n) is 9.64. The maximum absolute atomic E-state index is 5.77. The van der Waals surface area contributed by atoms with Gasteiger partial charge in [-0.3, -0.25) is 4.48 Å². The van der Waals surface area contributed by atoms with Crippen LogP contribution in [0.4, 0.5) is 5.95 Å². The predicted octanol–water partition coefficient (Wildman–Crippen LogP) is 3.35. The number of unbranched alkanes of at least 4 members (excludes halogenated alkanes) is 2. The van der Waals surface area contributed by atoms with Crippen molar-refractivity contribution < 1.29 is 9.47 Å². The highest BCUT2D eigenvalue weighted by atomic mass is 16.5. The standard InChI is InChI=1S/C18H31N4O2/c1-3-5-13-23-17-19-16(20-18(21-17)24-14-6-4-2)22-10-7-15(8-11-22)9-12-22/h15H,3-14H2,1-2H3/q+1. The summed E-state index contributed by atoms with van der Waals surface area (Å²) in [6.07, 6.45) is 8.05. The average molecular weight is 335 g/mol. The molecule has 0 atom stereocenters. The zero-order valence-corrected chi connectivity index (χ0v) is 15.2. The third-order valence-electron chi connectivity index (χ3n) is 5.36. The number of piperidine rings is 3. The highest BCUT2D eigenvalue weighted by Crippen LogP contribution is 2.37. The molecule has 3 fully saturated rings. The van der Waals surface area contributed by atoms with Gasteiger partial charge in [0.2, 0.25) is 0 Å². The van der Waals surface area contributed by atoms with Crippen LogP contribution in [0.15, 0.2) is 0 Å². The molecule has 0 amide bonds. The van der Waals surface area contributed by atoms with Crippen LogP contribution < -0.4 is 14.0 Å². The van der Waals surface area contributed by atoms with Crippen LogP contribution in [-0.4, -0.2) is 47.8 Å². The highest BCUT2D eigenvalue weighted by molar-refractivity contribution is 5.30. The molecule has 1 aromatic heterocycles. The van der Waals surface area contributed by atoms with E-state index >= 15 is 0 Å². The van der Waals surface area contributed by atoms with Gasteiger partial charge in [0.15, 0.2) is 0 Å². The van der Waals surface area contributed by atoms with Gasteiger partial charge in [-0.15, -0.1) is 15.0 Å². The lowest BCUT2D eigenvalue weighted by atomic mass is 9.86. The van der Waals surface area contributed by atoms with Gasteiger partial charge in [0.25, 0.3) is 0 Å². The second kappa shape index (κ2) is 8.10. The van der Waals surface area contributed by atoms with Crippen molar-refractivity contribution in [3.63, 3.8) is 0 Å². The summed E-state index contributed by atoms with van der Waals surface area (Å²) >= 11 is 0. The number of aromatic nitrogens is 3. The Morgan fingerprint density at radius 1 is 0.833 bits per heavy atom. The van der Waals surface area contributed by atoms with Gasteiger partial charge in [-0.05, 0) is 18.8 Å². The third kappa shape index (κ3) is 3.97. The van der Waals surface area contributed by atoms with Crippen molar-refractivity contribution >= 4 is 5.95 Å². The Hall–Kier alpha value is -1.43. The third-order valence-corrected chi connectivity index (χ3v) is 5.36. The van der Waals surface area contributed by atoms with Crippen molar-refractivity contribution in [1.29, 1.82) is 0 Å². The van der Waals surface area contributed by atoms with E-state index in [1.165, 1.54) is 19.3 Å². The number of rotatable bonds is 9. The van der Waals surface area contributed by atoms with E-state index in [0.29, 0.717) is 25.2 Å². The lowest BCUT2D eigenvalue weighted by molar-refractivity contribution is 0.105. The number of fused-ring (bicyclic) bond motifs is 3. The van der Waals surface area contributed by atoms with Gasteiger partial charge >= 0.3 is 18.0 Å². The average Bonchev–Trinajstić information content (AvgIpc) is 2.64. The Bertz CT molecular complexity index is 488. The molecule has 3 aliphatic heterocycles. The minimum atomic E-state index is 0.431. The van der Waals surface area contributed by atoms with Crippen LogP contribution in [0.5, 0.6) is 12.0 Å². The predicted molar refractivity (Wildman–Crippen MR) is 94.4 cm³/mol. The smallest absolute Gasteiger partial charge is 0.338 e. The maximum atomic E-state index is 5.77. The first-order chi connectivity index (χ1) is 11.8. The van der Waals surface area contributed by atoms with Gasteiger partial charge < -0.3 is 9.47 Å². The van der Waals surface area contributed by atoms with E-state index in [4.69, 9.17) is 9.47 Å². The fraction of sp³-hybridized carbons (Fsp3) is 0.833. The summed E-state index contributed by atoms with van der Waals surface area (Å²) in [6.45, 7) is 9.01. The van der Waals surface area contributed by atoms with Crippen LogP contribution in [0.25, 0.3) is 0 Å². The van der Waals surface area contributed by atoms with E-state index in [0.717, 1.165) is 61.7 Å². The fourth-order valence-electron chi connectivity index (χ4n) is 3.64. The molecule has 3 aliphatic rings. The lowest BCUT2D eigenvalue weighted by Gasteiger charge is -2.46. The molecule has 0 saturated carbocycles. The molecule has 24 heavy (non-hydrogen) atoms. The minimum absolute atomic E-state index is 0.431. The normalized spacial score (nSPS) is 25.7. The summed E-state index contributed by atoms with van der Waals surface area (Å²) < 4.78 is 12.4. The minimum Gasteiger partial charge on any atom is -0.463 e. The SMILES string of the molecule is CCCCOc1nc(OCCCC)nc([N+]23CCC(CC2)CC3)n1. The quantitative estimate of drug-likeness (QED) is 0.512. The summed E-state index contributed by atoms with van der Waals surface area (Å²) in [4.78, 5) is 13.7. The molecule has 0 aromatic carbocycles. The second-order valence-corrected chi connectivity index (χ2v) is 7.15. The van der Waals surface area contributed by atoms with Crippen molar-refractivity contribution in [2.45, 2.75) is 58.8 Å². The van der Waals surface area contributed by atoms with Gasteiger partial charge in [-0.1, -0.05) is 26.7 Å². The lowest BCUT2D eigenvalue weighted by Crippen LogP contribution is -2.60. The Labute approximate surface area is 145 Å². The molecule has 3 saturated heterocycles. The number of ether oxygens (including phenoxy) is 2. The Kier molecular flexibility index (Phi) is 5.87. The first-order valence-corrected chi connectivity index (χ1v) is 9.64. The van der Waals surface area contributed by atoms with Crippen LogP contribution >= 0.6 is 0 Å². The van der Waals surface area contributed by atoms with Crippen LogP contribution in [0.2, 0.25) is 0 Å². The topological polar surface area (TPSA) is 57.1 Å². The largest absolute Gasteiger partial charge is 0.463 e. The number of hydrogen-bond donors (Lipinski definition) is 0. The van der Waals surface area contributed by atoms with Crippen molar-refractivity contribution in [3.05, 3.63) is 0 Å². The molecule has 0 aliphatic carbocycles. The van der Waals surface area contributed by atoms with Crippen LogP contribution in [0, 0.1) is 5.92 Å². The fourth-order valence-corrected chi connectivity index (χ4v) is 3.64. The Balaban J connectivity index is 1.80. The zero-order valence-electron chi connectivity index (χ0n) is 15.2. The van der Waals surface area contributed by atoms with Gasteiger partial charge in [0, 0.05) is 19.3 Å². The van der Waals surface area contributed by atoms with Crippen LogP contribution in [0.1, 0.15) is 58.8 Å². The molecule has 0 N–H and O–H groups in total. The number of nitrogens with zero attached hydrogens (tertiary/aromatic N) is 4. The summed E-state index contributed by atoms with van der Waals surface area (Å²) in [5, 5.41) is 0. The molecular formula is C18H31N4O2+. The summed E-state index contributed by atoms with van der Waals surface area (Å²) in [5.74, 6) is 1.76. The van der Waals surface area contributed by atoms with E-state index in [-0.39, 0.29) is 0 Å². The van der Waals surface area contributed by atoms with Crippen molar-refractivity contribution in [1.82, 2.24) is 19.4 Å². The van der Waals surface area contributed by atoms with Crippen molar-refractivity contribution in [2.75, 3.05) is 32.8 Å². The van der Waals surface area contributed by atoms with Gasteiger partial charge in [0.1, 0.15) is 0 Å². The molecule has 1 aromatic rings. The van der Waals surface area contributed by atoms with E-state index in [1.54, 1.807) is 0 Å². The van der Waals surface area contributed by atoms with Gasteiger partial charge in [-0.25, -0.2) is 0 Å². The van der Waals surface area contributed by atoms with Gasteiger partial charge in [-0.2, -0.15) is 0 Å². The molecule has 4 heterocycles. The molecule has 6 heteroatoms. The van der Waals surface area contributed by atoms with E-state index < -0.39 is 0 Å². The first kappa shape index (κ1) is 17.4. The Morgan fingerprint density at radius 2 is 1.33 bits per heavy atom. The maximum Gasteiger partial charge on any atom is 0.338 e. The molecule has 134 valence electrons. The van der Waals surface area contributed by atoms with Crippen molar-refractivity contribution in [3.8, 4) is 12.0 Å².